The van der Waals surface area contributed by atoms with Gasteiger partial charge in [-0.15, -0.1) is 0 Å². The Kier molecular flexibility index (Phi) is 3.30. The Morgan fingerprint density at radius 3 is 2.71 bits per heavy atom. The van der Waals surface area contributed by atoms with Crippen molar-refractivity contribution in [3.63, 3.8) is 0 Å². The smallest absolute Gasteiger partial charge is 0.339 e. The summed E-state index contributed by atoms with van der Waals surface area (Å²) in [6.07, 6.45) is 0. The molecule has 0 amide bonds. The molecule has 1 N–H and O–H groups in total. The lowest BCUT2D eigenvalue weighted by Gasteiger charge is -2.06. The zero-order valence-electron chi connectivity index (χ0n) is 7.73. The number of methoxy groups -OCH3 is 1. The summed E-state index contributed by atoms with van der Waals surface area (Å²) in [5, 5.41) is 2.48. The first kappa shape index (κ1) is 10.8. The summed E-state index contributed by atoms with van der Waals surface area (Å²) in [7, 11) is 2.83. The predicted molar refractivity (Wildman–Crippen MR) is 52.3 cm³/mol. The summed E-state index contributed by atoms with van der Waals surface area (Å²) < 4.78 is 17.6. The number of esters is 1. The predicted octanol–water partition coefficient (Wildman–Crippen LogP) is 2.31. The molecule has 0 fully saturated rings. The van der Waals surface area contributed by atoms with Crippen molar-refractivity contribution in [1.29, 1.82) is 0 Å². The molecule has 5 heteroatoms. The maximum absolute atomic E-state index is 13.1. The minimum absolute atomic E-state index is 0.0125. The second kappa shape index (κ2) is 4.28. The number of carbonyl (C=O) groups is 1. The highest BCUT2D eigenvalue weighted by Crippen LogP contribution is 2.24. The molecule has 76 valence electrons. The van der Waals surface area contributed by atoms with Crippen LogP contribution in [0.2, 0.25) is 5.02 Å². The van der Waals surface area contributed by atoms with Crippen molar-refractivity contribution < 1.29 is 13.9 Å². The number of hydrogen-bond acceptors (Lipinski definition) is 3. The minimum Gasteiger partial charge on any atom is -0.465 e. The molecule has 0 aliphatic heterocycles. The second-order valence-corrected chi connectivity index (χ2v) is 2.94. The van der Waals surface area contributed by atoms with Gasteiger partial charge in [0.25, 0.3) is 0 Å². The van der Waals surface area contributed by atoms with Gasteiger partial charge in [0.2, 0.25) is 0 Å². The molecule has 0 radical (unpaired) electrons. The zero-order chi connectivity index (χ0) is 10.7. The number of rotatable bonds is 2. The van der Waals surface area contributed by atoms with Crippen molar-refractivity contribution in [3.05, 3.63) is 28.5 Å². The average Bonchev–Trinajstić information content (AvgIpc) is 2.20. The van der Waals surface area contributed by atoms with Gasteiger partial charge in [0.05, 0.1) is 17.7 Å². The standard InChI is InChI=1S/C9H9ClFNO2/c1-12-5-3-6(9(13)14-2)8(10)7(11)4-5/h3-4,12H,1-2H3. The van der Waals surface area contributed by atoms with Crippen LogP contribution in [0.1, 0.15) is 10.4 Å². The van der Waals surface area contributed by atoms with Gasteiger partial charge in [-0.1, -0.05) is 11.6 Å². The number of anilines is 1. The van der Waals surface area contributed by atoms with E-state index in [1.165, 1.54) is 19.2 Å². The Balaban J connectivity index is 3.27. The Hall–Kier alpha value is -1.29. The molecule has 0 atom stereocenters. The molecule has 0 spiro atoms. The van der Waals surface area contributed by atoms with Gasteiger partial charge in [-0.2, -0.15) is 0 Å². The Morgan fingerprint density at radius 2 is 2.21 bits per heavy atom. The van der Waals surface area contributed by atoms with Gasteiger partial charge < -0.3 is 10.1 Å². The van der Waals surface area contributed by atoms with Crippen LogP contribution in [0, 0.1) is 5.82 Å². The monoisotopic (exact) mass is 217 g/mol. The normalized spacial score (nSPS) is 9.71. The lowest BCUT2D eigenvalue weighted by Crippen LogP contribution is -2.04. The lowest BCUT2D eigenvalue weighted by molar-refractivity contribution is 0.0600. The van der Waals surface area contributed by atoms with Crippen molar-refractivity contribution in [1.82, 2.24) is 0 Å². The van der Waals surface area contributed by atoms with E-state index in [9.17, 15) is 9.18 Å². The molecular formula is C9H9ClFNO2. The third kappa shape index (κ3) is 1.96. The quantitative estimate of drug-likeness (QED) is 0.773. The summed E-state index contributed by atoms with van der Waals surface area (Å²) in [6.45, 7) is 0. The van der Waals surface area contributed by atoms with E-state index < -0.39 is 11.8 Å². The SMILES string of the molecule is CNc1cc(F)c(Cl)c(C(=O)OC)c1. The van der Waals surface area contributed by atoms with Crippen molar-refractivity contribution >= 4 is 23.3 Å². The Labute approximate surface area is 85.8 Å². The zero-order valence-corrected chi connectivity index (χ0v) is 8.48. The van der Waals surface area contributed by atoms with E-state index in [2.05, 4.69) is 10.1 Å². The third-order valence-electron chi connectivity index (χ3n) is 1.72. The van der Waals surface area contributed by atoms with E-state index in [1.54, 1.807) is 7.05 Å². The summed E-state index contributed by atoms with van der Waals surface area (Å²) in [6, 6.07) is 2.63. The number of benzene rings is 1. The third-order valence-corrected chi connectivity index (χ3v) is 2.11. The molecule has 0 saturated carbocycles. The average molecular weight is 218 g/mol. The highest BCUT2D eigenvalue weighted by molar-refractivity contribution is 6.33. The van der Waals surface area contributed by atoms with Crippen LogP contribution in [0.3, 0.4) is 0 Å². The van der Waals surface area contributed by atoms with Gasteiger partial charge in [0.1, 0.15) is 5.82 Å². The van der Waals surface area contributed by atoms with Crippen LogP contribution >= 0.6 is 11.6 Å². The van der Waals surface area contributed by atoms with Crippen molar-refractivity contribution in [2.24, 2.45) is 0 Å². The van der Waals surface area contributed by atoms with Crippen LogP contribution in [0.15, 0.2) is 12.1 Å². The highest BCUT2D eigenvalue weighted by atomic mass is 35.5. The molecule has 3 nitrogen and oxygen atoms in total. The summed E-state index contributed by atoms with van der Waals surface area (Å²) in [5.74, 6) is -1.31. The minimum atomic E-state index is -0.661. The molecule has 0 bridgehead atoms. The van der Waals surface area contributed by atoms with Gasteiger partial charge in [-0.05, 0) is 12.1 Å². The van der Waals surface area contributed by atoms with E-state index in [0.29, 0.717) is 5.69 Å². The molecule has 0 heterocycles. The van der Waals surface area contributed by atoms with Gasteiger partial charge in [-0.3, -0.25) is 0 Å². The number of carbonyl (C=O) groups excluding carboxylic acids is 1. The molecule has 1 rings (SSSR count). The van der Waals surface area contributed by atoms with E-state index in [4.69, 9.17) is 11.6 Å². The molecule has 1 aromatic rings. The summed E-state index contributed by atoms with van der Waals surface area (Å²) >= 11 is 5.59. The molecule has 14 heavy (non-hydrogen) atoms. The van der Waals surface area contributed by atoms with Crippen molar-refractivity contribution in [2.45, 2.75) is 0 Å². The molecule has 0 saturated heterocycles. The molecular weight excluding hydrogens is 209 g/mol. The lowest BCUT2D eigenvalue weighted by atomic mass is 10.2. The van der Waals surface area contributed by atoms with Crippen molar-refractivity contribution in [3.8, 4) is 0 Å². The van der Waals surface area contributed by atoms with Crippen LogP contribution in [0.4, 0.5) is 10.1 Å². The fourth-order valence-electron chi connectivity index (χ4n) is 0.992. The topological polar surface area (TPSA) is 38.3 Å². The largest absolute Gasteiger partial charge is 0.465 e. The fourth-order valence-corrected chi connectivity index (χ4v) is 1.18. The maximum atomic E-state index is 13.1. The highest BCUT2D eigenvalue weighted by Gasteiger charge is 2.15. The van der Waals surface area contributed by atoms with Crippen LogP contribution in [-0.2, 0) is 4.74 Å². The Morgan fingerprint density at radius 1 is 1.57 bits per heavy atom. The number of halogens is 2. The van der Waals surface area contributed by atoms with Gasteiger partial charge in [0.15, 0.2) is 0 Å². The molecule has 0 unspecified atom stereocenters. The van der Waals surface area contributed by atoms with Crippen LogP contribution in [0.5, 0.6) is 0 Å². The molecule has 0 aromatic heterocycles. The maximum Gasteiger partial charge on any atom is 0.339 e. The van der Waals surface area contributed by atoms with E-state index in [0.717, 1.165) is 0 Å². The van der Waals surface area contributed by atoms with Crippen LogP contribution in [0.25, 0.3) is 0 Å². The molecule has 0 aliphatic rings. The van der Waals surface area contributed by atoms with Gasteiger partial charge in [0, 0.05) is 12.7 Å². The first-order valence-electron chi connectivity index (χ1n) is 3.85. The van der Waals surface area contributed by atoms with Gasteiger partial charge >= 0.3 is 5.97 Å². The first-order valence-corrected chi connectivity index (χ1v) is 4.23. The van der Waals surface area contributed by atoms with E-state index >= 15 is 0 Å². The van der Waals surface area contributed by atoms with E-state index in [1.807, 2.05) is 0 Å². The Bertz CT molecular complexity index is 368. The summed E-state index contributed by atoms with van der Waals surface area (Å²) in [4.78, 5) is 11.2. The van der Waals surface area contributed by atoms with Crippen LogP contribution < -0.4 is 5.32 Å². The van der Waals surface area contributed by atoms with Crippen LogP contribution in [-0.4, -0.2) is 20.1 Å². The fraction of sp³-hybridized carbons (Fsp3) is 0.222. The van der Waals surface area contributed by atoms with Crippen molar-refractivity contribution in [2.75, 3.05) is 19.5 Å². The summed E-state index contributed by atoms with van der Waals surface area (Å²) in [5.41, 5.74) is 0.478. The number of nitrogens with one attached hydrogen (secondary N) is 1. The second-order valence-electron chi connectivity index (χ2n) is 2.56. The van der Waals surface area contributed by atoms with Gasteiger partial charge in [-0.25, -0.2) is 9.18 Å². The number of ether oxygens (including phenoxy) is 1. The molecule has 0 aliphatic carbocycles. The number of hydrogen-bond donors (Lipinski definition) is 1. The first-order chi connectivity index (χ1) is 6.60. The molecule has 1 aromatic carbocycles. The van der Waals surface area contributed by atoms with E-state index in [-0.39, 0.29) is 10.6 Å².